The summed E-state index contributed by atoms with van der Waals surface area (Å²) in [7, 11) is 0. The van der Waals surface area contributed by atoms with Gasteiger partial charge in [-0.15, -0.1) is 0 Å². The van der Waals surface area contributed by atoms with E-state index in [1.807, 2.05) is 0 Å². The normalized spacial score (nSPS) is 11.9. The van der Waals surface area contributed by atoms with Crippen molar-refractivity contribution in [3.63, 3.8) is 0 Å². The third-order valence-electron chi connectivity index (χ3n) is 2.48. The van der Waals surface area contributed by atoms with Crippen LogP contribution in [0.3, 0.4) is 0 Å². The zero-order valence-electron chi connectivity index (χ0n) is 10.7. The minimum atomic E-state index is -0.622. The Morgan fingerprint density at radius 1 is 1.58 bits per heavy atom. The smallest absolute Gasteiger partial charge is 0.322 e. The van der Waals surface area contributed by atoms with E-state index in [1.54, 1.807) is 13.8 Å². The molecular formula is C12H15FN2O4. The lowest BCUT2D eigenvalue weighted by Crippen LogP contribution is -2.35. The largest absolute Gasteiger partial charge is 0.465 e. The molecule has 1 rings (SSSR count). The second kappa shape index (κ2) is 6.79. The molecule has 0 fully saturated rings. The average Bonchev–Trinajstić information content (AvgIpc) is 2.35. The summed E-state index contributed by atoms with van der Waals surface area (Å²) in [6.07, 6.45) is 0. The predicted octanol–water partition coefficient (Wildman–Crippen LogP) is 1.78. The van der Waals surface area contributed by atoms with E-state index in [-0.39, 0.29) is 24.4 Å². The highest BCUT2D eigenvalue weighted by Gasteiger charge is 2.17. The van der Waals surface area contributed by atoms with Crippen molar-refractivity contribution >= 4 is 11.7 Å². The Balaban J connectivity index is 2.74. The molecule has 0 radical (unpaired) electrons. The van der Waals surface area contributed by atoms with Crippen molar-refractivity contribution in [3.8, 4) is 0 Å². The number of benzene rings is 1. The number of carbonyl (C=O) groups excluding carboxylic acids is 1. The molecule has 0 spiro atoms. The van der Waals surface area contributed by atoms with Crippen LogP contribution in [0.4, 0.5) is 10.1 Å². The Morgan fingerprint density at radius 3 is 2.84 bits per heavy atom. The summed E-state index contributed by atoms with van der Waals surface area (Å²) in [6, 6.07) is 2.57. The lowest BCUT2D eigenvalue weighted by atomic mass is 10.1. The number of nitrogens with one attached hydrogen (secondary N) is 1. The van der Waals surface area contributed by atoms with Gasteiger partial charge >= 0.3 is 5.97 Å². The van der Waals surface area contributed by atoms with Crippen LogP contribution in [0.5, 0.6) is 0 Å². The summed E-state index contributed by atoms with van der Waals surface area (Å²) in [5.41, 5.74) is -0.00823. The van der Waals surface area contributed by atoms with Gasteiger partial charge in [0.2, 0.25) is 0 Å². The third kappa shape index (κ3) is 4.29. The Morgan fingerprint density at radius 2 is 2.26 bits per heavy atom. The summed E-state index contributed by atoms with van der Waals surface area (Å²) in [6.45, 7) is 3.52. The van der Waals surface area contributed by atoms with Gasteiger partial charge in [-0.1, -0.05) is 0 Å². The number of hydrogen-bond donors (Lipinski definition) is 1. The first-order valence-electron chi connectivity index (χ1n) is 5.78. The molecule has 7 heteroatoms. The summed E-state index contributed by atoms with van der Waals surface area (Å²) in [5, 5.41) is 13.5. The topological polar surface area (TPSA) is 81.5 Å². The number of hydrogen-bond acceptors (Lipinski definition) is 5. The Labute approximate surface area is 109 Å². The molecule has 1 aromatic rings. The molecule has 6 nitrogen and oxygen atoms in total. The molecule has 104 valence electrons. The van der Waals surface area contributed by atoms with E-state index in [4.69, 9.17) is 4.74 Å². The highest BCUT2D eigenvalue weighted by molar-refractivity contribution is 5.75. The van der Waals surface area contributed by atoms with Gasteiger partial charge in [0.1, 0.15) is 11.9 Å². The molecule has 0 saturated carbocycles. The molecule has 1 atom stereocenters. The van der Waals surface area contributed by atoms with Crippen molar-refractivity contribution in [1.82, 2.24) is 5.32 Å². The molecule has 0 aliphatic rings. The van der Waals surface area contributed by atoms with Gasteiger partial charge in [0.15, 0.2) is 0 Å². The van der Waals surface area contributed by atoms with Crippen molar-refractivity contribution in [2.24, 2.45) is 0 Å². The van der Waals surface area contributed by atoms with Crippen LogP contribution in [0.1, 0.15) is 19.4 Å². The zero-order valence-corrected chi connectivity index (χ0v) is 10.7. The number of nitro groups is 1. The van der Waals surface area contributed by atoms with Gasteiger partial charge in [-0.25, -0.2) is 4.39 Å². The Kier molecular flexibility index (Phi) is 5.37. The van der Waals surface area contributed by atoms with Crippen LogP contribution in [-0.2, 0) is 16.1 Å². The molecule has 1 aromatic carbocycles. The fraction of sp³-hybridized carbons (Fsp3) is 0.417. The van der Waals surface area contributed by atoms with E-state index in [9.17, 15) is 19.3 Å². The molecule has 1 unspecified atom stereocenters. The molecule has 0 amide bonds. The van der Waals surface area contributed by atoms with Crippen molar-refractivity contribution in [3.05, 3.63) is 39.7 Å². The van der Waals surface area contributed by atoms with Crippen molar-refractivity contribution in [2.45, 2.75) is 26.4 Å². The second-order valence-corrected chi connectivity index (χ2v) is 3.88. The molecule has 0 bridgehead atoms. The minimum absolute atomic E-state index is 0.00799. The van der Waals surface area contributed by atoms with E-state index >= 15 is 0 Å². The Hall–Kier alpha value is -2.02. The number of ether oxygens (including phenoxy) is 1. The zero-order chi connectivity index (χ0) is 14.4. The average molecular weight is 270 g/mol. The summed E-state index contributed by atoms with van der Waals surface area (Å²) in [5.74, 6) is -1.02. The number of nitro benzene ring substituents is 1. The SMILES string of the molecule is CCOC(=O)C(C)NCc1cc(F)ccc1[N+](=O)[O-]. The fourth-order valence-electron chi connectivity index (χ4n) is 1.49. The lowest BCUT2D eigenvalue weighted by Gasteiger charge is -2.12. The van der Waals surface area contributed by atoms with Crippen molar-refractivity contribution in [2.75, 3.05) is 6.61 Å². The highest BCUT2D eigenvalue weighted by atomic mass is 19.1. The van der Waals surface area contributed by atoms with Gasteiger partial charge in [-0.05, 0) is 26.0 Å². The summed E-state index contributed by atoms with van der Waals surface area (Å²) < 4.78 is 17.9. The minimum Gasteiger partial charge on any atom is -0.465 e. The van der Waals surface area contributed by atoms with Gasteiger partial charge in [0, 0.05) is 18.2 Å². The van der Waals surface area contributed by atoms with Crippen LogP contribution in [0.2, 0.25) is 0 Å². The first-order valence-corrected chi connectivity index (χ1v) is 5.78. The Bertz CT molecular complexity index is 479. The van der Waals surface area contributed by atoms with Crippen LogP contribution < -0.4 is 5.32 Å². The van der Waals surface area contributed by atoms with Gasteiger partial charge in [0.25, 0.3) is 5.69 Å². The molecule has 19 heavy (non-hydrogen) atoms. The third-order valence-corrected chi connectivity index (χ3v) is 2.48. The van der Waals surface area contributed by atoms with Gasteiger partial charge < -0.3 is 10.1 Å². The fourth-order valence-corrected chi connectivity index (χ4v) is 1.49. The lowest BCUT2D eigenvalue weighted by molar-refractivity contribution is -0.385. The van der Waals surface area contributed by atoms with Gasteiger partial charge in [-0.3, -0.25) is 14.9 Å². The van der Waals surface area contributed by atoms with Crippen molar-refractivity contribution < 1.29 is 18.8 Å². The standard InChI is InChI=1S/C12H15FN2O4/c1-3-19-12(16)8(2)14-7-9-6-10(13)4-5-11(9)15(17)18/h4-6,8,14H,3,7H2,1-2H3. The van der Waals surface area contributed by atoms with Crippen LogP contribution >= 0.6 is 0 Å². The molecule has 0 aromatic heterocycles. The van der Waals surface area contributed by atoms with E-state index in [2.05, 4.69) is 5.32 Å². The maximum Gasteiger partial charge on any atom is 0.322 e. The van der Waals surface area contributed by atoms with Gasteiger partial charge in [-0.2, -0.15) is 0 Å². The molecule has 0 heterocycles. The number of rotatable bonds is 6. The summed E-state index contributed by atoms with van der Waals surface area (Å²) >= 11 is 0. The van der Waals surface area contributed by atoms with Crippen LogP contribution in [-0.4, -0.2) is 23.5 Å². The second-order valence-electron chi connectivity index (χ2n) is 3.88. The van der Waals surface area contributed by atoms with E-state index < -0.39 is 22.8 Å². The molecule has 0 aliphatic carbocycles. The van der Waals surface area contributed by atoms with E-state index in [1.165, 1.54) is 0 Å². The summed E-state index contributed by atoms with van der Waals surface area (Å²) in [4.78, 5) is 21.5. The van der Waals surface area contributed by atoms with E-state index in [0.717, 1.165) is 18.2 Å². The number of halogens is 1. The highest BCUT2D eigenvalue weighted by Crippen LogP contribution is 2.19. The van der Waals surface area contributed by atoms with E-state index in [0.29, 0.717) is 0 Å². The molecular weight excluding hydrogens is 255 g/mol. The molecule has 1 N–H and O–H groups in total. The molecule has 0 saturated heterocycles. The predicted molar refractivity (Wildman–Crippen MR) is 66.0 cm³/mol. The van der Waals surface area contributed by atoms with Gasteiger partial charge in [0.05, 0.1) is 11.5 Å². The number of esters is 1. The first kappa shape index (κ1) is 15.0. The quantitative estimate of drug-likeness (QED) is 0.484. The van der Waals surface area contributed by atoms with Crippen LogP contribution in [0.15, 0.2) is 18.2 Å². The number of nitrogens with zero attached hydrogens (tertiary/aromatic N) is 1. The first-order chi connectivity index (χ1) is 8.95. The van der Waals surface area contributed by atoms with Crippen LogP contribution in [0, 0.1) is 15.9 Å². The van der Waals surface area contributed by atoms with Crippen LogP contribution in [0.25, 0.3) is 0 Å². The maximum atomic E-state index is 13.1. The monoisotopic (exact) mass is 270 g/mol. The van der Waals surface area contributed by atoms with Crippen molar-refractivity contribution in [1.29, 1.82) is 0 Å². The number of carbonyl (C=O) groups is 1. The maximum absolute atomic E-state index is 13.1. The molecule has 0 aliphatic heterocycles.